The predicted octanol–water partition coefficient (Wildman–Crippen LogP) is 3.00. The molecule has 6 heteroatoms. The van der Waals surface area contributed by atoms with Gasteiger partial charge in [-0.15, -0.1) is 0 Å². The van der Waals surface area contributed by atoms with Gasteiger partial charge in [-0.05, 0) is 53.1 Å². The Bertz CT molecular complexity index is 818. The van der Waals surface area contributed by atoms with E-state index in [1.165, 1.54) is 11.3 Å². The first-order chi connectivity index (χ1) is 13.3. The minimum Gasteiger partial charge on any atom is -0.396 e. The van der Waals surface area contributed by atoms with Crippen molar-refractivity contribution in [3.63, 3.8) is 0 Å². The van der Waals surface area contributed by atoms with E-state index < -0.39 is 0 Å². The predicted molar refractivity (Wildman–Crippen MR) is 109 cm³/mol. The molecular weight excluding hydrogens is 356 g/mol. The summed E-state index contributed by atoms with van der Waals surface area (Å²) in [7, 11) is 0. The van der Waals surface area contributed by atoms with Crippen LogP contribution < -0.4 is 0 Å². The summed E-state index contributed by atoms with van der Waals surface area (Å²) < 4.78 is 2.17. The lowest BCUT2D eigenvalue weighted by Crippen LogP contribution is -2.52. The highest BCUT2D eigenvalue weighted by Crippen LogP contribution is 2.20. The molecule has 1 aliphatic heterocycles. The number of aliphatic hydroxyl groups excluding tert-OH is 1. The Balaban J connectivity index is 1.43. The molecule has 0 aliphatic carbocycles. The van der Waals surface area contributed by atoms with Crippen LogP contribution in [0.4, 0.5) is 0 Å². The van der Waals surface area contributed by atoms with Crippen LogP contribution in [0.2, 0.25) is 0 Å². The lowest BCUT2D eigenvalue weighted by Gasteiger charge is -2.41. The molecule has 1 atom stereocenters. The van der Waals surface area contributed by atoms with E-state index in [4.69, 9.17) is 0 Å². The summed E-state index contributed by atoms with van der Waals surface area (Å²) in [6.45, 7) is 5.18. The summed E-state index contributed by atoms with van der Waals surface area (Å²) in [5, 5.41) is 13.9. The van der Waals surface area contributed by atoms with Crippen LogP contribution in [0, 0.1) is 0 Å². The normalized spacial score (nSPS) is 18.8. The van der Waals surface area contributed by atoms with E-state index in [9.17, 15) is 5.11 Å². The van der Waals surface area contributed by atoms with Crippen LogP contribution in [0.5, 0.6) is 0 Å². The van der Waals surface area contributed by atoms with Crippen molar-refractivity contribution in [3.05, 3.63) is 70.8 Å². The molecule has 0 spiro atoms. The molecular formula is C21H26N4OS. The van der Waals surface area contributed by atoms with Crippen LogP contribution >= 0.6 is 11.3 Å². The Kier molecular flexibility index (Phi) is 5.99. The number of piperazine rings is 1. The van der Waals surface area contributed by atoms with Crippen molar-refractivity contribution in [1.82, 2.24) is 19.4 Å². The second-order valence-electron chi connectivity index (χ2n) is 7.06. The number of nitrogens with zero attached hydrogens (tertiary/aromatic N) is 4. The zero-order valence-electron chi connectivity index (χ0n) is 15.4. The molecule has 0 saturated carbocycles. The lowest BCUT2D eigenvalue weighted by atomic mass is 10.1. The molecule has 1 N–H and O–H groups in total. The first-order valence-corrected chi connectivity index (χ1v) is 10.4. The quantitative estimate of drug-likeness (QED) is 0.682. The standard InChI is InChI=1S/C21H26N4OS/c26-12-6-19-15-23(10-11-24(19)14-18-7-13-27-17-18)16-20-4-3-9-25(20)21-5-1-2-8-22-21/h1-5,7-9,13,17,19,26H,6,10-12,14-16H2/t19-/m0/s1. The Morgan fingerprint density at radius 2 is 2.07 bits per heavy atom. The molecule has 0 unspecified atom stereocenters. The molecule has 3 aromatic rings. The van der Waals surface area contributed by atoms with Crippen LogP contribution in [-0.2, 0) is 13.1 Å². The molecule has 4 rings (SSSR count). The molecule has 0 amide bonds. The molecule has 0 bridgehead atoms. The van der Waals surface area contributed by atoms with Crippen molar-refractivity contribution in [3.8, 4) is 5.82 Å². The minimum atomic E-state index is 0.239. The molecule has 5 nitrogen and oxygen atoms in total. The van der Waals surface area contributed by atoms with Gasteiger partial charge < -0.3 is 9.67 Å². The minimum absolute atomic E-state index is 0.239. The Morgan fingerprint density at radius 3 is 2.85 bits per heavy atom. The Labute approximate surface area is 164 Å². The highest BCUT2D eigenvalue weighted by atomic mass is 32.1. The van der Waals surface area contributed by atoms with Crippen molar-refractivity contribution in [2.75, 3.05) is 26.2 Å². The van der Waals surface area contributed by atoms with Gasteiger partial charge in [0.25, 0.3) is 0 Å². The molecule has 0 radical (unpaired) electrons. The van der Waals surface area contributed by atoms with Gasteiger partial charge in [-0.1, -0.05) is 6.07 Å². The number of aromatic nitrogens is 2. The third-order valence-electron chi connectivity index (χ3n) is 5.23. The van der Waals surface area contributed by atoms with Gasteiger partial charge in [0.05, 0.1) is 0 Å². The SMILES string of the molecule is OCC[C@H]1CN(Cc2cccn2-c2ccccn2)CCN1Cc1ccsc1. The van der Waals surface area contributed by atoms with Crippen molar-refractivity contribution >= 4 is 11.3 Å². The van der Waals surface area contributed by atoms with E-state index in [1.807, 2.05) is 24.4 Å². The topological polar surface area (TPSA) is 44.5 Å². The zero-order valence-corrected chi connectivity index (χ0v) is 16.3. The number of pyridine rings is 1. The van der Waals surface area contributed by atoms with Gasteiger partial charge in [0.15, 0.2) is 0 Å². The first-order valence-electron chi connectivity index (χ1n) is 9.49. The molecule has 1 saturated heterocycles. The van der Waals surface area contributed by atoms with Gasteiger partial charge in [0, 0.05) is 63.5 Å². The lowest BCUT2D eigenvalue weighted by molar-refractivity contribution is 0.0492. The van der Waals surface area contributed by atoms with Crippen LogP contribution in [-0.4, -0.2) is 56.7 Å². The van der Waals surface area contributed by atoms with Crippen molar-refractivity contribution in [1.29, 1.82) is 0 Å². The number of thiophene rings is 1. The number of rotatable bonds is 7. The average Bonchev–Trinajstić information content (AvgIpc) is 3.37. The maximum Gasteiger partial charge on any atom is 0.136 e. The van der Waals surface area contributed by atoms with Gasteiger partial charge in [-0.3, -0.25) is 9.80 Å². The fourth-order valence-electron chi connectivity index (χ4n) is 3.84. The Hall–Kier alpha value is -1.99. The first kappa shape index (κ1) is 18.4. The highest BCUT2D eigenvalue weighted by molar-refractivity contribution is 7.07. The zero-order chi connectivity index (χ0) is 18.5. The summed E-state index contributed by atoms with van der Waals surface area (Å²) in [4.78, 5) is 9.50. The summed E-state index contributed by atoms with van der Waals surface area (Å²) >= 11 is 1.75. The van der Waals surface area contributed by atoms with Gasteiger partial charge >= 0.3 is 0 Å². The van der Waals surface area contributed by atoms with Gasteiger partial charge in [-0.25, -0.2) is 4.98 Å². The monoisotopic (exact) mass is 382 g/mol. The number of aliphatic hydroxyl groups is 1. The molecule has 142 valence electrons. The molecule has 1 aliphatic rings. The second-order valence-corrected chi connectivity index (χ2v) is 7.84. The fraction of sp³-hybridized carbons (Fsp3) is 0.381. The second kappa shape index (κ2) is 8.80. The summed E-state index contributed by atoms with van der Waals surface area (Å²) in [6.07, 6.45) is 4.73. The summed E-state index contributed by atoms with van der Waals surface area (Å²) in [6, 6.07) is 12.9. The Morgan fingerprint density at radius 1 is 1.11 bits per heavy atom. The van der Waals surface area contributed by atoms with E-state index in [0.29, 0.717) is 6.04 Å². The van der Waals surface area contributed by atoms with Gasteiger partial charge in [0.1, 0.15) is 5.82 Å². The van der Waals surface area contributed by atoms with E-state index >= 15 is 0 Å². The third-order valence-corrected chi connectivity index (χ3v) is 5.96. The molecule has 4 heterocycles. The van der Waals surface area contributed by atoms with E-state index in [0.717, 1.165) is 45.0 Å². The van der Waals surface area contributed by atoms with Crippen molar-refractivity contribution in [2.45, 2.75) is 25.6 Å². The smallest absolute Gasteiger partial charge is 0.136 e. The number of hydrogen-bond acceptors (Lipinski definition) is 5. The largest absolute Gasteiger partial charge is 0.396 e. The van der Waals surface area contributed by atoms with Crippen molar-refractivity contribution < 1.29 is 5.11 Å². The fourth-order valence-corrected chi connectivity index (χ4v) is 4.50. The molecule has 27 heavy (non-hydrogen) atoms. The maximum absolute atomic E-state index is 9.54. The van der Waals surface area contributed by atoms with Gasteiger partial charge in [0.2, 0.25) is 0 Å². The van der Waals surface area contributed by atoms with Crippen LogP contribution in [0.25, 0.3) is 5.82 Å². The molecule has 0 aromatic carbocycles. The number of hydrogen-bond donors (Lipinski definition) is 1. The van der Waals surface area contributed by atoms with E-state index in [1.54, 1.807) is 11.3 Å². The van der Waals surface area contributed by atoms with Crippen LogP contribution in [0.15, 0.2) is 59.6 Å². The van der Waals surface area contributed by atoms with Crippen LogP contribution in [0.3, 0.4) is 0 Å². The maximum atomic E-state index is 9.54. The third kappa shape index (κ3) is 4.47. The molecule has 3 aromatic heterocycles. The van der Waals surface area contributed by atoms with Gasteiger partial charge in [-0.2, -0.15) is 11.3 Å². The van der Waals surface area contributed by atoms with Crippen LogP contribution in [0.1, 0.15) is 17.7 Å². The van der Waals surface area contributed by atoms with E-state index in [-0.39, 0.29) is 6.61 Å². The summed E-state index contributed by atoms with van der Waals surface area (Å²) in [5.41, 5.74) is 2.63. The molecule has 1 fully saturated rings. The van der Waals surface area contributed by atoms with E-state index in [2.05, 4.69) is 54.5 Å². The average molecular weight is 383 g/mol. The summed E-state index contributed by atoms with van der Waals surface area (Å²) in [5.74, 6) is 0.959. The highest BCUT2D eigenvalue weighted by Gasteiger charge is 2.27. The van der Waals surface area contributed by atoms with Crippen molar-refractivity contribution in [2.24, 2.45) is 0 Å².